The van der Waals surface area contributed by atoms with Gasteiger partial charge in [-0.25, -0.2) is 0 Å². The Bertz CT molecular complexity index is 682. The molecule has 2 N–H and O–H groups in total. The van der Waals surface area contributed by atoms with Crippen LogP contribution in [0.3, 0.4) is 0 Å². The van der Waals surface area contributed by atoms with E-state index in [9.17, 15) is 4.79 Å². The first-order chi connectivity index (χ1) is 12.6. The van der Waals surface area contributed by atoms with Gasteiger partial charge in [0.05, 0.1) is 6.04 Å². The fourth-order valence-corrected chi connectivity index (χ4v) is 2.20. The molecular weight excluding hydrogens is 330 g/mol. The Hall–Kier alpha value is -3.09. The number of carbonyl (C=O) groups excluding carboxylic acids is 1. The van der Waals surface area contributed by atoms with Gasteiger partial charge in [-0.2, -0.15) is 10.2 Å². The molecule has 0 bridgehead atoms. The Morgan fingerprint density at radius 1 is 1.42 bits per heavy atom. The summed E-state index contributed by atoms with van der Waals surface area (Å²) in [5.74, 6) is 0.381. The summed E-state index contributed by atoms with van der Waals surface area (Å²) in [6.45, 7) is 8.76. The Labute approximate surface area is 154 Å². The van der Waals surface area contributed by atoms with E-state index in [2.05, 4.69) is 34.1 Å². The van der Waals surface area contributed by atoms with Crippen LogP contribution in [0.1, 0.15) is 6.42 Å². The average molecular weight is 355 g/mol. The van der Waals surface area contributed by atoms with Crippen LogP contribution in [-0.4, -0.2) is 55.5 Å². The molecule has 26 heavy (non-hydrogen) atoms. The highest BCUT2D eigenvalue weighted by atomic mass is 16.5. The third-order valence-corrected chi connectivity index (χ3v) is 3.72. The van der Waals surface area contributed by atoms with E-state index in [1.165, 1.54) is 6.08 Å². The highest BCUT2D eigenvalue weighted by molar-refractivity contribution is 6.44. The van der Waals surface area contributed by atoms with Gasteiger partial charge in [-0.15, -0.1) is 6.58 Å². The van der Waals surface area contributed by atoms with Crippen molar-refractivity contribution >= 4 is 23.4 Å². The van der Waals surface area contributed by atoms with Crippen LogP contribution in [0.25, 0.3) is 0 Å². The zero-order valence-electron chi connectivity index (χ0n) is 15.0. The molecule has 1 aliphatic rings. The van der Waals surface area contributed by atoms with E-state index in [0.717, 1.165) is 18.7 Å². The van der Waals surface area contributed by atoms with E-state index in [1.54, 1.807) is 12.3 Å². The summed E-state index contributed by atoms with van der Waals surface area (Å²) in [6.07, 6.45) is 5.66. The molecule has 138 valence electrons. The van der Waals surface area contributed by atoms with Crippen molar-refractivity contribution in [3.05, 3.63) is 49.6 Å². The summed E-state index contributed by atoms with van der Waals surface area (Å²) in [5, 5.41) is 13.4. The van der Waals surface area contributed by atoms with Gasteiger partial charge in [0.1, 0.15) is 18.1 Å². The van der Waals surface area contributed by atoms with Gasteiger partial charge in [0.25, 0.3) is 0 Å². The minimum atomic E-state index is -0.272. The Balaban J connectivity index is 1.93. The Kier molecular flexibility index (Phi) is 7.42. The van der Waals surface area contributed by atoms with Crippen molar-refractivity contribution < 1.29 is 9.53 Å². The van der Waals surface area contributed by atoms with E-state index in [1.807, 2.05) is 36.3 Å². The monoisotopic (exact) mass is 355 g/mol. The minimum absolute atomic E-state index is 0.00552. The van der Waals surface area contributed by atoms with Gasteiger partial charge in [-0.1, -0.05) is 12.7 Å². The number of ether oxygens (including phenoxy) is 1. The number of hydrogen-bond donors (Lipinski definition) is 2. The minimum Gasteiger partial charge on any atom is -0.487 e. The second-order valence-electron chi connectivity index (χ2n) is 5.78. The molecule has 0 saturated heterocycles. The SMILES string of the molecule is C=CCNc1ccc(OC/C(=N/NC2C=NN(C)CC2)C(=O)C=C)cc1. The zero-order valence-corrected chi connectivity index (χ0v) is 15.0. The van der Waals surface area contributed by atoms with Crippen molar-refractivity contribution in [2.24, 2.45) is 10.2 Å². The largest absolute Gasteiger partial charge is 0.487 e. The molecule has 1 aromatic rings. The zero-order chi connectivity index (χ0) is 18.8. The molecule has 0 spiro atoms. The number of hydrazone groups is 2. The number of anilines is 1. The van der Waals surface area contributed by atoms with Gasteiger partial charge in [0.15, 0.2) is 0 Å². The summed E-state index contributed by atoms with van der Waals surface area (Å²) >= 11 is 0. The summed E-state index contributed by atoms with van der Waals surface area (Å²) in [7, 11) is 1.91. The molecule has 0 radical (unpaired) electrons. The number of benzene rings is 1. The molecule has 2 rings (SSSR count). The highest BCUT2D eigenvalue weighted by Gasteiger charge is 2.14. The average Bonchev–Trinajstić information content (AvgIpc) is 2.68. The molecule has 7 nitrogen and oxygen atoms in total. The molecule has 1 unspecified atom stereocenters. The predicted octanol–water partition coefficient (Wildman–Crippen LogP) is 2.05. The molecular formula is C19H25N5O2. The van der Waals surface area contributed by atoms with Crippen LogP contribution in [0.2, 0.25) is 0 Å². The molecule has 1 heterocycles. The first-order valence-electron chi connectivity index (χ1n) is 8.44. The fraction of sp³-hybridized carbons (Fsp3) is 0.316. The maximum atomic E-state index is 12.0. The smallest absolute Gasteiger partial charge is 0.204 e. The standard InChI is InChI=1S/C19H25N5O2/c1-4-11-20-15-6-8-17(9-7-15)26-14-18(19(25)5-2)23-22-16-10-12-24(3)21-13-16/h4-9,13,16,20,22H,1-2,10-12,14H2,3H3/b23-18-. The van der Waals surface area contributed by atoms with Crippen molar-refractivity contribution in [3.8, 4) is 5.75 Å². The number of rotatable bonds is 10. The molecule has 0 aromatic heterocycles. The van der Waals surface area contributed by atoms with E-state index < -0.39 is 0 Å². The molecule has 0 aliphatic carbocycles. The molecule has 7 heteroatoms. The molecule has 1 aromatic carbocycles. The van der Waals surface area contributed by atoms with E-state index in [-0.39, 0.29) is 24.1 Å². The number of nitrogens with one attached hydrogen (secondary N) is 2. The van der Waals surface area contributed by atoms with Crippen molar-refractivity contribution in [1.29, 1.82) is 0 Å². The summed E-state index contributed by atoms with van der Waals surface area (Å²) < 4.78 is 5.68. The molecule has 1 atom stereocenters. The normalized spacial score (nSPS) is 16.7. The summed E-state index contributed by atoms with van der Waals surface area (Å²) in [6, 6.07) is 7.46. The molecule has 0 amide bonds. The summed E-state index contributed by atoms with van der Waals surface area (Å²) in [4.78, 5) is 12.0. The first-order valence-corrected chi connectivity index (χ1v) is 8.44. The van der Waals surface area contributed by atoms with Crippen molar-refractivity contribution in [1.82, 2.24) is 10.4 Å². The third-order valence-electron chi connectivity index (χ3n) is 3.72. The predicted molar refractivity (Wildman–Crippen MR) is 106 cm³/mol. The number of carbonyl (C=O) groups is 1. The lowest BCUT2D eigenvalue weighted by Gasteiger charge is -2.22. The van der Waals surface area contributed by atoms with Gasteiger partial charge in [-0.05, 0) is 36.8 Å². The van der Waals surface area contributed by atoms with Gasteiger partial charge in [-0.3, -0.25) is 4.79 Å². The number of nitrogens with zero attached hydrogens (tertiary/aromatic N) is 3. The molecule has 1 aliphatic heterocycles. The quantitative estimate of drug-likeness (QED) is 0.291. The second kappa shape index (κ2) is 10.0. The van der Waals surface area contributed by atoms with E-state index in [4.69, 9.17) is 4.74 Å². The lowest BCUT2D eigenvalue weighted by Crippen LogP contribution is -2.36. The first kappa shape index (κ1) is 19.2. The number of hydrogen-bond acceptors (Lipinski definition) is 7. The van der Waals surface area contributed by atoms with Crippen LogP contribution in [0.4, 0.5) is 5.69 Å². The summed E-state index contributed by atoms with van der Waals surface area (Å²) in [5.41, 5.74) is 4.20. The van der Waals surface area contributed by atoms with Crippen LogP contribution in [0, 0.1) is 0 Å². The van der Waals surface area contributed by atoms with Crippen molar-refractivity contribution in [2.75, 3.05) is 32.1 Å². The Morgan fingerprint density at radius 3 is 2.81 bits per heavy atom. The topological polar surface area (TPSA) is 78.3 Å². The lowest BCUT2D eigenvalue weighted by atomic mass is 10.2. The fourth-order valence-electron chi connectivity index (χ4n) is 2.20. The molecule has 0 fully saturated rings. The maximum absolute atomic E-state index is 12.0. The van der Waals surface area contributed by atoms with Gasteiger partial charge < -0.3 is 20.5 Å². The van der Waals surface area contributed by atoms with Crippen LogP contribution >= 0.6 is 0 Å². The third kappa shape index (κ3) is 6.08. The Morgan fingerprint density at radius 2 is 2.19 bits per heavy atom. The van der Waals surface area contributed by atoms with E-state index >= 15 is 0 Å². The van der Waals surface area contributed by atoms with Crippen LogP contribution in [-0.2, 0) is 4.79 Å². The highest BCUT2D eigenvalue weighted by Crippen LogP contribution is 2.15. The van der Waals surface area contributed by atoms with Crippen molar-refractivity contribution in [3.63, 3.8) is 0 Å². The van der Waals surface area contributed by atoms with Gasteiger partial charge in [0, 0.05) is 32.0 Å². The van der Waals surface area contributed by atoms with Crippen LogP contribution in [0.15, 0.2) is 59.8 Å². The van der Waals surface area contributed by atoms with Crippen LogP contribution in [0.5, 0.6) is 5.75 Å². The van der Waals surface area contributed by atoms with Gasteiger partial charge in [0.2, 0.25) is 5.78 Å². The second-order valence-corrected chi connectivity index (χ2v) is 5.78. The van der Waals surface area contributed by atoms with Crippen molar-refractivity contribution in [2.45, 2.75) is 12.5 Å². The van der Waals surface area contributed by atoms with Gasteiger partial charge >= 0.3 is 0 Å². The van der Waals surface area contributed by atoms with Crippen LogP contribution < -0.4 is 15.5 Å². The maximum Gasteiger partial charge on any atom is 0.204 e. The number of allylic oxidation sites excluding steroid dienone is 1. The lowest BCUT2D eigenvalue weighted by molar-refractivity contribution is -0.109. The number of ketones is 1. The van der Waals surface area contributed by atoms with E-state index in [0.29, 0.717) is 12.3 Å². The molecule has 0 saturated carbocycles.